The molecule has 54 heavy (non-hydrogen) atoms. The summed E-state index contributed by atoms with van der Waals surface area (Å²) in [5.41, 5.74) is 11.3. The summed E-state index contributed by atoms with van der Waals surface area (Å²) in [7, 11) is 0. The van der Waals surface area contributed by atoms with Crippen LogP contribution in [0.3, 0.4) is 0 Å². The molecule has 1 aliphatic carbocycles. The number of nitrogens with zero attached hydrogens (tertiary/aromatic N) is 2. The van der Waals surface area contributed by atoms with Crippen LogP contribution in [0, 0.1) is 0 Å². The molecule has 2 aromatic heterocycles. The molecule has 1 aliphatic heterocycles. The van der Waals surface area contributed by atoms with E-state index < -0.39 is 5.41 Å². The predicted octanol–water partition coefficient (Wildman–Crippen LogP) is 13.0. The van der Waals surface area contributed by atoms with Gasteiger partial charge in [0.1, 0.15) is 11.5 Å². The fourth-order valence-electron chi connectivity index (χ4n) is 9.18. The molecule has 4 heteroatoms. The average molecular weight is 711 g/mol. The van der Waals surface area contributed by atoms with Crippen LogP contribution in [0.15, 0.2) is 170 Å². The summed E-state index contributed by atoms with van der Waals surface area (Å²) in [5.74, 6) is 2.26. The third kappa shape index (κ3) is 4.35. The van der Waals surface area contributed by atoms with E-state index in [-0.39, 0.29) is 5.41 Å². The van der Waals surface area contributed by atoms with Gasteiger partial charge in [0, 0.05) is 47.8 Å². The summed E-state index contributed by atoms with van der Waals surface area (Å²) in [6.07, 6.45) is 0. The van der Waals surface area contributed by atoms with E-state index in [4.69, 9.17) is 14.7 Å². The van der Waals surface area contributed by atoms with Gasteiger partial charge in [-0.15, -0.1) is 11.3 Å². The van der Waals surface area contributed by atoms with Gasteiger partial charge < -0.3 is 4.74 Å². The molecular formula is C50H34N2OS. The predicted molar refractivity (Wildman–Crippen MR) is 222 cm³/mol. The zero-order chi connectivity index (χ0) is 36.0. The zero-order valence-electron chi connectivity index (χ0n) is 29.9. The van der Waals surface area contributed by atoms with Gasteiger partial charge in [-0.1, -0.05) is 153 Å². The third-order valence-electron chi connectivity index (χ3n) is 11.6. The van der Waals surface area contributed by atoms with Crippen molar-refractivity contribution in [3.05, 3.63) is 203 Å². The lowest BCUT2D eigenvalue weighted by atomic mass is 9.53. The lowest BCUT2D eigenvalue weighted by Crippen LogP contribution is -2.43. The Kier molecular flexibility index (Phi) is 6.68. The lowest BCUT2D eigenvalue weighted by Gasteiger charge is -2.50. The van der Waals surface area contributed by atoms with E-state index in [9.17, 15) is 0 Å². The lowest BCUT2D eigenvalue weighted by molar-refractivity contribution is 0.426. The average Bonchev–Trinajstić information content (AvgIpc) is 3.60. The number of rotatable bonds is 3. The minimum absolute atomic E-state index is 0.193. The van der Waals surface area contributed by atoms with Crippen LogP contribution in [0.25, 0.3) is 54.1 Å². The highest BCUT2D eigenvalue weighted by molar-refractivity contribution is 7.25. The van der Waals surface area contributed by atoms with E-state index in [1.165, 1.54) is 42.4 Å². The molecule has 0 N–H and O–H groups in total. The van der Waals surface area contributed by atoms with E-state index >= 15 is 0 Å². The highest BCUT2D eigenvalue weighted by Crippen LogP contribution is 2.62. The smallest absolute Gasteiger partial charge is 0.164 e. The Hall–Kier alpha value is -6.36. The Balaban J connectivity index is 1.19. The second kappa shape index (κ2) is 11.6. The Morgan fingerprint density at radius 3 is 1.81 bits per heavy atom. The van der Waals surface area contributed by atoms with Crippen molar-refractivity contribution in [1.29, 1.82) is 0 Å². The van der Waals surface area contributed by atoms with Gasteiger partial charge in [-0.25, -0.2) is 9.97 Å². The van der Waals surface area contributed by atoms with Crippen LogP contribution in [0.5, 0.6) is 11.5 Å². The number of fused-ring (bicyclic) bond motifs is 11. The summed E-state index contributed by atoms with van der Waals surface area (Å²) in [6.45, 7) is 4.70. The number of hydrogen-bond acceptors (Lipinski definition) is 4. The van der Waals surface area contributed by atoms with Crippen molar-refractivity contribution in [2.24, 2.45) is 0 Å². The van der Waals surface area contributed by atoms with E-state index in [0.717, 1.165) is 50.7 Å². The highest BCUT2D eigenvalue weighted by Gasteiger charge is 2.53. The molecular weight excluding hydrogens is 677 g/mol. The number of thiophene rings is 1. The largest absolute Gasteiger partial charge is 0.456 e. The molecule has 0 fully saturated rings. The molecule has 1 spiro atoms. The first-order valence-corrected chi connectivity index (χ1v) is 19.3. The standard InChI is InChI=1S/C50H34N2OS/c1-49(2)36-19-7-9-21-38(36)50(39-22-10-8-20-37(39)49)40-23-11-12-25-44(40)53-47-35(18-14-24-41(47)50)48-51-42(31-15-4-3-5-16-31)30-43(52-48)32-27-28-34-33-17-6-13-26-45(33)54-46(34)29-32/h3-30H,1-2H3. The molecule has 2 aliphatic rings. The van der Waals surface area contributed by atoms with Crippen molar-refractivity contribution in [2.75, 3.05) is 0 Å². The van der Waals surface area contributed by atoms with E-state index in [1.54, 1.807) is 0 Å². The number of para-hydroxylation sites is 2. The molecule has 0 saturated carbocycles. The fraction of sp³-hybridized carbons (Fsp3) is 0.0800. The molecule has 0 amide bonds. The molecule has 256 valence electrons. The van der Waals surface area contributed by atoms with Crippen molar-refractivity contribution in [1.82, 2.24) is 9.97 Å². The maximum absolute atomic E-state index is 7.08. The SMILES string of the molecule is CC1(C)c2ccccc2C2(c3ccccc3Oc3c(-c4nc(-c5ccccc5)cc(-c5ccc6c(c5)sc5ccccc56)n4)cccc32)c2ccccc21. The Bertz CT molecular complexity index is 2910. The molecule has 0 unspecified atom stereocenters. The van der Waals surface area contributed by atoms with Crippen LogP contribution in [0.1, 0.15) is 47.2 Å². The van der Waals surface area contributed by atoms with Crippen LogP contribution < -0.4 is 4.74 Å². The monoisotopic (exact) mass is 710 g/mol. The Morgan fingerprint density at radius 2 is 1.06 bits per heavy atom. The van der Waals surface area contributed by atoms with Crippen molar-refractivity contribution >= 4 is 31.5 Å². The number of ether oxygens (including phenoxy) is 1. The van der Waals surface area contributed by atoms with Gasteiger partial charge in [0.25, 0.3) is 0 Å². The first-order chi connectivity index (χ1) is 26.5. The van der Waals surface area contributed by atoms with Gasteiger partial charge in [0.2, 0.25) is 0 Å². The minimum atomic E-state index is -0.616. The normalized spacial score (nSPS) is 14.6. The summed E-state index contributed by atoms with van der Waals surface area (Å²) < 4.78 is 9.61. The van der Waals surface area contributed by atoms with Gasteiger partial charge >= 0.3 is 0 Å². The van der Waals surface area contributed by atoms with Gasteiger partial charge in [-0.2, -0.15) is 0 Å². The maximum Gasteiger partial charge on any atom is 0.164 e. The van der Waals surface area contributed by atoms with Crippen LogP contribution in [-0.4, -0.2) is 9.97 Å². The molecule has 9 aromatic rings. The van der Waals surface area contributed by atoms with Crippen LogP contribution in [0.4, 0.5) is 0 Å². The van der Waals surface area contributed by atoms with Gasteiger partial charge in [-0.3, -0.25) is 0 Å². The van der Waals surface area contributed by atoms with Crippen molar-refractivity contribution in [3.63, 3.8) is 0 Å². The summed E-state index contributed by atoms with van der Waals surface area (Å²) in [4.78, 5) is 10.7. The number of benzene rings is 7. The second-order valence-corrected chi connectivity index (χ2v) is 16.0. The molecule has 3 heterocycles. The fourth-order valence-corrected chi connectivity index (χ4v) is 10.3. The van der Waals surface area contributed by atoms with Crippen LogP contribution in [0.2, 0.25) is 0 Å². The van der Waals surface area contributed by atoms with E-state index in [1.807, 2.05) is 17.4 Å². The molecule has 11 rings (SSSR count). The summed E-state index contributed by atoms with van der Waals surface area (Å²) in [5, 5.41) is 2.55. The zero-order valence-corrected chi connectivity index (χ0v) is 30.7. The van der Waals surface area contributed by atoms with Gasteiger partial charge in [0.15, 0.2) is 5.82 Å². The van der Waals surface area contributed by atoms with E-state index in [0.29, 0.717) is 5.82 Å². The van der Waals surface area contributed by atoms with Gasteiger partial charge in [0.05, 0.1) is 22.4 Å². The second-order valence-electron chi connectivity index (χ2n) is 14.9. The van der Waals surface area contributed by atoms with Crippen LogP contribution in [-0.2, 0) is 10.8 Å². The Morgan fingerprint density at radius 1 is 0.463 bits per heavy atom. The molecule has 3 nitrogen and oxygen atoms in total. The third-order valence-corrected chi connectivity index (χ3v) is 12.8. The van der Waals surface area contributed by atoms with Crippen molar-refractivity contribution in [2.45, 2.75) is 24.7 Å². The topological polar surface area (TPSA) is 35.0 Å². The molecule has 0 radical (unpaired) electrons. The minimum Gasteiger partial charge on any atom is -0.456 e. The summed E-state index contributed by atoms with van der Waals surface area (Å²) >= 11 is 1.82. The van der Waals surface area contributed by atoms with Crippen LogP contribution >= 0.6 is 11.3 Å². The highest BCUT2D eigenvalue weighted by atomic mass is 32.1. The number of aromatic nitrogens is 2. The summed E-state index contributed by atoms with van der Waals surface area (Å²) in [6, 6.07) is 60.9. The van der Waals surface area contributed by atoms with Crippen molar-refractivity contribution in [3.8, 4) is 45.4 Å². The quantitative estimate of drug-likeness (QED) is 0.183. The molecule has 0 bridgehead atoms. The molecule has 7 aromatic carbocycles. The number of hydrogen-bond donors (Lipinski definition) is 0. The first kappa shape index (κ1) is 31.2. The van der Waals surface area contributed by atoms with Gasteiger partial charge in [-0.05, 0) is 52.6 Å². The van der Waals surface area contributed by atoms with Crippen molar-refractivity contribution < 1.29 is 4.74 Å². The Labute approximate surface area is 318 Å². The molecule has 0 atom stereocenters. The molecule has 0 saturated heterocycles. The first-order valence-electron chi connectivity index (χ1n) is 18.5. The van der Waals surface area contributed by atoms with E-state index in [2.05, 4.69) is 178 Å². The maximum atomic E-state index is 7.08.